The smallest absolute Gasteiger partial charge is 0.326 e. The second-order valence-electron chi connectivity index (χ2n) is 6.32. The molecule has 28 heavy (non-hydrogen) atoms. The van der Waals surface area contributed by atoms with Gasteiger partial charge < -0.3 is 19.3 Å². The fourth-order valence-electron chi connectivity index (χ4n) is 2.52. The molecule has 0 aliphatic heterocycles. The zero-order chi connectivity index (χ0) is 20.4. The molecule has 0 saturated heterocycles. The number of ether oxygens (including phenoxy) is 2. The maximum atomic E-state index is 12.3. The van der Waals surface area contributed by atoms with E-state index in [1.54, 1.807) is 24.3 Å². The van der Waals surface area contributed by atoms with Crippen molar-refractivity contribution in [1.29, 1.82) is 0 Å². The van der Waals surface area contributed by atoms with Crippen molar-refractivity contribution in [3.8, 4) is 0 Å². The lowest BCUT2D eigenvalue weighted by Gasteiger charge is -2.16. The number of carbonyl (C=O) groups is 2. The van der Waals surface area contributed by atoms with Crippen LogP contribution in [-0.2, 0) is 36.8 Å². The van der Waals surface area contributed by atoms with Crippen LogP contribution in [0.1, 0.15) is 24.0 Å². The zero-order valence-electron chi connectivity index (χ0n) is 15.3. The van der Waals surface area contributed by atoms with Gasteiger partial charge in [-0.05, 0) is 17.5 Å². The van der Waals surface area contributed by atoms with Gasteiger partial charge in [-0.2, -0.15) is 0 Å². The first-order chi connectivity index (χ1) is 13.3. The van der Waals surface area contributed by atoms with Crippen molar-refractivity contribution in [2.75, 3.05) is 6.16 Å². The summed E-state index contributed by atoms with van der Waals surface area (Å²) in [5.41, 5.74) is 1.58. The van der Waals surface area contributed by atoms with Crippen LogP contribution in [0.15, 0.2) is 60.7 Å². The van der Waals surface area contributed by atoms with E-state index in [0.29, 0.717) is 0 Å². The summed E-state index contributed by atoms with van der Waals surface area (Å²) in [6.45, 7) is 0.0943. The van der Waals surface area contributed by atoms with E-state index >= 15 is 0 Å². The highest BCUT2D eigenvalue weighted by Crippen LogP contribution is 2.38. The summed E-state index contributed by atoms with van der Waals surface area (Å²) in [5, 5.41) is 0. The third-order valence-corrected chi connectivity index (χ3v) is 4.87. The molecule has 0 spiro atoms. The van der Waals surface area contributed by atoms with Gasteiger partial charge in [-0.3, -0.25) is 14.2 Å². The van der Waals surface area contributed by atoms with Crippen molar-refractivity contribution in [2.24, 2.45) is 5.92 Å². The molecule has 0 heterocycles. The van der Waals surface area contributed by atoms with Gasteiger partial charge >= 0.3 is 19.5 Å². The first-order valence-electron chi connectivity index (χ1n) is 8.78. The first-order valence-corrected chi connectivity index (χ1v) is 10.6. The minimum Gasteiger partial charge on any atom is -0.461 e. The van der Waals surface area contributed by atoms with E-state index in [9.17, 15) is 23.9 Å². The molecule has 2 rings (SSSR count). The van der Waals surface area contributed by atoms with Crippen LogP contribution < -0.4 is 0 Å². The largest absolute Gasteiger partial charge is 0.461 e. The van der Waals surface area contributed by atoms with Gasteiger partial charge in [0.2, 0.25) is 0 Å². The van der Waals surface area contributed by atoms with Crippen molar-refractivity contribution in [2.45, 2.75) is 26.1 Å². The summed E-state index contributed by atoms with van der Waals surface area (Å²) < 4.78 is 21.6. The maximum Gasteiger partial charge on any atom is 0.326 e. The molecule has 2 N–H and O–H groups in total. The molecule has 0 radical (unpaired) electrons. The number of hydrogen-bond acceptors (Lipinski definition) is 5. The van der Waals surface area contributed by atoms with Crippen molar-refractivity contribution >= 4 is 19.5 Å². The fraction of sp³-hybridized carbons (Fsp3) is 0.300. The first kappa shape index (κ1) is 21.8. The third-order valence-electron chi connectivity index (χ3n) is 3.96. The second kappa shape index (κ2) is 10.8. The lowest BCUT2D eigenvalue weighted by Crippen LogP contribution is -2.23. The Morgan fingerprint density at radius 2 is 1.36 bits per heavy atom. The van der Waals surface area contributed by atoms with Gasteiger partial charge in [0.25, 0.3) is 0 Å². The Morgan fingerprint density at radius 3 is 1.86 bits per heavy atom. The van der Waals surface area contributed by atoms with E-state index in [1.807, 2.05) is 36.4 Å². The van der Waals surface area contributed by atoms with Crippen molar-refractivity contribution < 1.29 is 33.4 Å². The van der Waals surface area contributed by atoms with E-state index in [0.717, 1.165) is 11.1 Å². The second-order valence-corrected chi connectivity index (χ2v) is 8.02. The molecule has 0 bridgehead atoms. The van der Waals surface area contributed by atoms with Crippen LogP contribution in [0.25, 0.3) is 0 Å². The topological polar surface area (TPSA) is 110 Å². The number of carbonyl (C=O) groups excluding carboxylic acids is 2. The van der Waals surface area contributed by atoms with Crippen molar-refractivity contribution in [3.63, 3.8) is 0 Å². The Balaban J connectivity index is 1.86. The highest BCUT2D eigenvalue weighted by Gasteiger charge is 2.29. The van der Waals surface area contributed by atoms with Gasteiger partial charge in [-0.25, -0.2) is 0 Å². The van der Waals surface area contributed by atoms with Crippen LogP contribution in [0.4, 0.5) is 0 Å². The molecular formula is C20H23O7P. The van der Waals surface area contributed by atoms with E-state index in [-0.39, 0.29) is 26.1 Å². The summed E-state index contributed by atoms with van der Waals surface area (Å²) in [7, 11) is -4.45. The Bertz CT molecular complexity index is 802. The Labute approximate surface area is 163 Å². The minimum atomic E-state index is -4.45. The number of rotatable bonds is 10. The zero-order valence-corrected chi connectivity index (χ0v) is 16.2. The summed E-state index contributed by atoms with van der Waals surface area (Å²) in [4.78, 5) is 42.6. The van der Waals surface area contributed by atoms with Crippen LogP contribution in [-0.4, -0.2) is 27.9 Å². The van der Waals surface area contributed by atoms with Crippen molar-refractivity contribution in [1.82, 2.24) is 0 Å². The number of benzene rings is 2. The lowest BCUT2D eigenvalue weighted by atomic mass is 10.1. The van der Waals surface area contributed by atoms with E-state index in [1.165, 1.54) is 0 Å². The SMILES string of the molecule is O=C(CC[C@H](CP(=O)(O)O)C(=O)OCc1ccccc1)OCc1ccccc1. The molecule has 0 unspecified atom stereocenters. The van der Waals surface area contributed by atoms with Crippen LogP contribution in [0.3, 0.4) is 0 Å². The molecule has 150 valence electrons. The average molecular weight is 406 g/mol. The number of hydrogen-bond donors (Lipinski definition) is 2. The van der Waals surface area contributed by atoms with Crippen molar-refractivity contribution in [3.05, 3.63) is 71.8 Å². The van der Waals surface area contributed by atoms with Crippen LogP contribution in [0.5, 0.6) is 0 Å². The van der Waals surface area contributed by atoms with Crippen LogP contribution in [0, 0.1) is 5.92 Å². The van der Waals surface area contributed by atoms with Gasteiger partial charge in [0.05, 0.1) is 12.1 Å². The average Bonchev–Trinajstić information content (AvgIpc) is 2.68. The molecule has 1 atom stereocenters. The molecule has 0 aliphatic carbocycles. The van der Waals surface area contributed by atoms with Crippen LogP contribution >= 0.6 is 7.60 Å². The highest BCUT2D eigenvalue weighted by molar-refractivity contribution is 7.51. The number of esters is 2. The van der Waals surface area contributed by atoms with Gasteiger partial charge in [-0.1, -0.05) is 60.7 Å². The Kier molecular flexibility index (Phi) is 8.39. The normalized spacial score (nSPS) is 12.2. The molecule has 0 amide bonds. The van der Waals surface area contributed by atoms with Gasteiger partial charge in [0, 0.05) is 6.42 Å². The molecule has 8 heteroatoms. The van der Waals surface area contributed by atoms with Gasteiger partial charge in [0.1, 0.15) is 13.2 Å². The monoisotopic (exact) mass is 406 g/mol. The molecule has 0 fully saturated rings. The Morgan fingerprint density at radius 1 is 0.857 bits per heavy atom. The highest BCUT2D eigenvalue weighted by atomic mass is 31.2. The maximum absolute atomic E-state index is 12.3. The summed E-state index contributed by atoms with van der Waals surface area (Å²) >= 11 is 0. The standard InChI is InChI=1S/C20H23O7P/c21-19(26-13-16-7-3-1-4-8-16)12-11-18(15-28(23,24)25)20(22)27-14-17-9-5-2-6-10-17/h1-10,18H,11-15H2,(H2,23,24,25)/t18-/m1/s1. The summed E-state index contributed by atoms with van der Waals surface area (Å²) in [5.74, 6) is -2.38. The van der Waals surface area contributed by atoms with E-state index < -0.39 is 31.6 Å². The minimum absolute atomic E-state index is 0.00418. The predicted molar refractivity (Wildman–Crippen MR) is 102 cm³/mol. The molecule has 2 aromatic rings. The van der Waals surface area contributed by atoms with Gasteiger partial charge in [0.15, 0.2) is 0 Å². The molecule has 0 saturated carbocycles. The van der Waals surface area contributed by atoms with E-state index in [4.69, 9.17) is 9.47 Å². The molecule has 7 nitrogen and oxygen atoms in total. The van der Waals surface area contributed by atoms with E-state index in [2.05, 4.69) is 0 Å². The van der Waals surface area contributed by atoms with Gasteiger partial charge in [-0.15, -0.1) is 0 Å². The molecular weight excluding hydrogens is 383 g/mol. The Hall–Kier alpha value is -2.47. The molecule has 2 aromatic carbocycles. The molecule has 0 aliphatic rings. The quantitative estimate of drug-likeness (QED) is 0.461. The molecule has 0 aromatic heterocycles. The predicted octanol–water partition coefficient (Wildman–Crippen LogP) is 3.05. The lowest BCUT2D eigenvalue weighted by molar-refractivity contribution is -0.150. The fourth-order valence-corrected chi connectivity index (χ4v) is 3.43. The third kappa shape index (κ3) is 8.48. The summed E-state index contributed by atoms with van der Waals surface area (Å²) in [6, 6.07) is 18.1. The van der Waals surface area contributed by atoms with Crippen LogP contribution in [0.2, 0.25) is 0 Å². The summed E-state index contributed by atoms with van der Waals surface area (Å²) in [6.07, 6.45) is -0.878.